The zero-order chi connectivity index (χ0) is 10.7. The number of rotatable bonds is 2. The van der Waals surface area contributed by atoms with Crippen molar-refractivity contribution in [2.75, 3.05) is 0 Å². The Morgan fingerprint density at radius 1 is 1.33 bits per heavy atom. The number of nitrogens with zero attached hydrogens (tertiary/aromatic N) is 1. The molecule has 0 aliphatic carbocycles. The summed E-state index contributed by atoms with van der Waals surface area (Å²) in [5.41, 5.74) is 0.638. The second kappa shape index (κ2) is 3.96. The highest BCUT2D eigenvalue weighted by Gasteiger charge is 2.05. The molecule has 2 aromatic heterocycles. The van der Waals surface area contributed by atoms with Gasteiger partial charge in [0.05, 0.1) is 6.26 Å². The lowest BCUT2D eigenvalue weighted by Gasteiger charge is -2.01. The highest BCUT2D eigenvalue weighted by molar-refractivity contribution is 5.69. The molecule has 4 nitrogen and oxygen atoms in total. The Balaban J connectivity index is 2.31. The third kappa shape index (κ3) is 2.22. The fourth-order valence-electron chi connectivity index (χ4n) is 1.18. The molecule has 0 N–H and O–H groups in total. The van der Waals surface area contributed by atoms with E-state index in [1.54, 1.807) is 36.6 Å². The van der Waals surface area contributed by atoms with Crippen LogP contribution in [0.2, 0.25) is 0 Å². The molecule has 15 heavy (non-hydrogen) atoms. The topological polar surface area (TPSA) is 52.3 Å². The van der Waals surface area contributed by atoms with Gasteiger partial charge in [0.15, 0.2) is 5.76 Å². The molecule has 0 aromatic carbocycles. The third-order valence-electron chi connectivity index (χ3n) is 1.75. The van der Waals surface area contributed by atoms with Crippen molar-refractivity contribution in [1.82, 2.24) is 4.98 Å². The van der Waals surface area contributed by atoms with Crippen LogP contribution in [0.4, 0.5) is 0 Å². The maximum absolute atomic E-state index is 10.7. The van der Waals surface area contributed by atoms with Crippen LogP contribution in [0.3, 0.4) is 0 Å². The maximum atomic E-state index is 10.7. The van der Waals surface area contributed by atoms with Crippen LogP contribution in [-0.4, -0.2) is 11.0 Å². The van der Waals surface area contributed by atoms with Gasteiger partial charge in [-0.25, -0.2) is 4.98 Å². The van der Waals surface area contributed by atoms with Gasteiger partial charge in [-0.15, -0.1) is 0 Å². The lowest BCUT2D eigenvalue weighted by molar-refractivity contribution is -0.132. The number of carbonyl (C=O) groups excluding carboxylic acids is 1. The van der Waals surface area contributed by atoms with E-state index in [9.17, 15) is 4.79 Å². The Hall–Kier alpha value is -2.10. The predicted molar refractivity (Wildman–Crippen MR) is 53.2 cm³/mol. The van der Waals surface area contributed by atoms with Gasteiger partial charge in [-0.3, -0.25) is 4.79 Å². The smallest absolute Gasteiger partial charge is 0.309 e. The summed E-state index contributed by atoms with van der Waals surface area (Å²) >= 11 is 0. The molecule has 0 aliphatic rings. The highest BCUT2D eigenvalue weighted by atomic mass is 16.5. The third-order valence-corrected chi connectivity index (χ3v) is 1.75. The van der Waals surface area contributed by atoms with Gasteiger partial charge in [-0.05, 0) is 18.2 Å². The first kappa shape index (κ1) is 9.45. The van der Waals surface area contributed by atoms with Crippen LogP contribution in [0.25, 0.3) is 11.5 Å². The highest BCUT2D eigenvalue weighted by Crippen LogP contribution is 2.19. The molecule has 4 heteroatoms. The summed E-state index contributed by atoms with van der Waals surface area (Å²) in [6.45, 7) is 1.33. The standard InChI is InChI=1S/C11H9NO3/c1-8(13)15-11-6-2-4-9(12-11)10-5-3-7-14-10/h2-7H,1H3. The summed E-state index contributed by atoms with van der Waals surface area (Å²) in [6.07, 6.45) is 1.56. The Morgan fingerprint density at radius 3 is 2.87 bits per heavy atom. The first-order valence-electron chi connectivity index (χ1n) is 4.45. The minimum atomic E-state index is -0.390. The predicted octanol–water partition coefficient (Wildman–Crippen LogP) is 2.27. The Bertz CT molecular complexity index is 462. The normalized spacial score (nSPS) is 9.93. The number of ether oxygens (including phenoxy) is 1. The second-order valence-electron chi connectivity index (χ2n) is 2.93. The van der Waals surface area contributed by atoms with Crippen LogP contribution >= 0.6 is 0 Å². The van der Waals surface area contributed by atoms with Gasteiger partial charge in [0.2, 0.25) is 5.88 Å². The van der Waals surface area contributed by atoms with Crippen LogP contribution in [0.15, 0.2) is 41.0 Å². The van der Waals surface area contributed by atoms with Gasteiger partial charge < -0.3 is 9.15 Å². The number of hydrogen-bond donors (Lipinski definition) is 0. The molecule has 0 saturated carbocycles. The first-order valence-corrected chi connectivity index (χ1v) is 4.45. The molecule has 76 valence electrons. The van der Waals surface area contributed by atoms with Crippen molar-refractivity contribution in [3.05, 3.63) is 36.6 Å². The van der Waals surface area contributed by atoms with Crippen molar-refractivity contribution in [2.45, 2.75) is 6.92 Å². The van der Waals surface area contributed by atoms with E-state index in [-0.39, 0.29) is 11.8 Å². The van der Waals surface area contributed by atoms with E-state index >= 15 is 0 Å². The lowest BCUT2D eigenvalue weighted by Crippen LogP contribution is -2.03. The molecule has 0 aliphatic heterocycles. The second-order valence-corrected chi connectivity index (χ2v) is 2.93. The molecule has 0 fully saturated rings. The van der Waals surface area contributed by atoms with E-state index in [0.29, 0.717) is 11.5 Å². The van der Waals surface area contributed by atoms with Crippen molar-refractivity contribution in [2.24, 2.45) is 0 Å². The minimum absolute atomic E-state index is 0.274. The average molecular weight is 203 g/mol. The van der Waals surface area contributed by atoms with E-state index in [1.807, 2.05) is 0 Å². The van der Waals surface area contributed by atoms with Gasteiger partial charge in [0.25, 0.3) is 0 Å². The molecule has 0 bridgehead atoms. The number of aromatic nitrogens is 1. The molecule has 0 amide bonds. The van der Waals surface area contributed by atoms with Crippen LogP contribution in [0.5, 0.6) is 5.88 Å². The molecule has 0 spiro atoms. The summed E-state index contributed by atoms with van der Waals surface area (Å²) in [5, 5.41) is 0. The number of esters is 1. The minimum Gasteiger partial charge on any atom is -0.463 e. The van der Waals surface area contributed by atoms with Crippen molar-refractivity contribution >= 4 is 5.97 Å². The number of furan rings is 1. The molecule has 2 rings (SSSR count). The first-order chi connectivity index (χ1) is 7.25. The summed E-state index contributed by atoms with van der Waals surface area (Å²) in [7, 11) is 0. The molecule has 2 aromatic rings. The fraction of sp³-hybridized carbons (Fsp3) is 0.0909. The zero-order valence-electron chi connectivity index (χ0n) is 8.14. The van der Waals surface area contributed by atoms with Crippen LogP contribution in [0, 0.1) is 0 Å². The van der Waals surface area contributed by atoms with E-state index in [1.165, 1.54) is 6.92 Å². The monoisotopic (exact) mass is 203 g/mol. The van der Waals surface area contributed by atoms with Crippen molar-refractivity contribution in [3.8, 4) is 17.3 Å². The summed E-state index contributed by atoms with van der Waals surface area (Å²) < 4.78 is 10.0. The van der Waals surface area contributed by atoms with E-state index in [4.69, 9.17) is 9.15 Å². The molecular weight excluding hydrogens is 194 g/mol. The van der Waals surface area contributed by atoms with Crippen LogP contribution in [0.1, 0.15) is 6.92 Å². The Labute approximate surface area is 86.5 Å². The summed E-state index contributed by atoms with van der Waals surface area (Å²) in [4.78, 5) is 14.8. The van der Waals surface area contributed by atoms with E-state index in [0.717, 1.165) is 0 Å². The summed E-state index contributed by atoms with van der Waals surface area (Å²) in [5.74, 6) is 0.527. The van der Waals surface area contributed by atoms with E-state index in [2.05, 4.69) is 4.98 Å². The maximum Gasteiger partial charge on any atom is 0.309 e. The Kier molecular flexibility index (Phi) is 2.49. The molecule has 0 unspecified atom stereocenters. The lowest BCUT2D eigenvalue weighted by atomic mass is 10.3. The van der Waals surface area contributed by atoms with Crippen LogP contribution in [-0.2, 0) is 4.79 Å². The van der Waals surface area contributed by atoms with Crippen molar-refractivity contribution < 1.29 is 13.9 Å². The van der Waals surface area contributed by atoms with Gasteiger partial charge in [0.1, 0.15) is 5.69 Å². The quantitative estimate of drug-likeness (QED) is 0.702. The number of carbonyl (C=O) groups is 1. The molecule has 0 atom stereocenters. The van der Waals surface area contributed by atoms with Gasteiger partial charge in [-0.2, -0.15) is 0 Å². The average Bonchev–Trinajstić information content (AvgIpc) is 2.69. The molecular formula is C11H9NO3. The van der Waals surface area contributed by atoms with Gasteiger partial charge in [-0.1, -0.05) is 6.07 Å². The number of hydrogen-bond acceptors (Lipinski definition) is 4. The zero-order valence-corrected chi connectivity index (χ0v) is 8.14. The molecule has 0 radical (unpaired) electrons. The summed E-state index contributed by atoms with van der Waals surface area (Å²) in [6, 6.07) is 8.72. The molecule has 2 heterocycles. The van der Waals surface area contributed by atoms with Crippen LogP contribution < -0.4 is 4.74 Å². The van der Waals surface area contributed by atoms with E-state index < -0.39 is 0 Å². The molecule has 0 saturated heterocycles. The van der Waals surface area contributed by atoms with Crippen molar-refractivity contribution in [1.29, 1.82) is 0 Å². The largest absolute Gasteiger partial charge is 0.463 e. The SMILES string of the molecule is CC(=O)Oc1cccc(-c2ccco2)n1. The number of pyridine rings is 1. The fourth-order valence-corrected chi connectivity index (χ4v) is 1.18. The Morgan fingerprint density at radius 2 is 2.20 bits per heavy atom. The van der Waals surface area contributed by atoms with Gasteiger partial charge >= 0.3 is 5.97 Å². The van der Waals surface area contributed by atoms with Crippen molar-refractivity contribution in [3.63, 3.8) is 0 Å². The van der Waals surface area contributed by atoms with Gasteiger partial charge in [0, 0.05) is 13.0 Å².